The van der Waals surface area contributed by atoms with E-state index in [0.717, 1.165) is 25.0 Å². The molecule has 0 aliphatic heterocycles. The van der Waals surface area contributed by atoms with E-state index in [4.69, 9.17) is 10.5 Å². The van der Waals surface area contributed by atoms with Crippen molar-refractivity contribution in [2.45, 2.75) is 37.6 Å². The summed E-state index contributed by atoms with van der Waals surface area (Å²) in [7, 11) is 0. The highest BCUT2D eigenvalue weighted by molar-refractivity contribution is 5.38. The average Bonchev–Trinajstić information content (AvgIpc) is 3.15. The summed E-state index contributed by atoms with van der Waals surface area (Å²) < 4.78 is 5.80. The van der Waals surface area contributed by atoms with Crippen LogP contribution < -0.4 is 10.5 Å². The van der Waals surface area contributed by atoms with Crippen molar-refractivity contribution >= 4 is 0 Å². The summed E-state index contributed by atoms with van der Waals surface area (Å²) >= 11 is 0. The average molecular weight is 247 g/mol. The molecule has 0 amide bonds. The van der Waals surface area contributed by atoms with Crippen molar-refractivity contribution in [3.05, 3.63) is 29.3 Å². The third-order valence-electron chi connectivity index (χ3n) is 4.26. The lowest BCUT2D eigenvalue weighted by Crippen LogP contribution is -2.51. The molecule has 1 fully saturated rings. The number of aryl methyl sites for hydroxylation is 2. The molecule has 0 bridgehead atoms. The molecule has 98 valence electrons. The van der Waals surface area contributed by atoms with Crippen LogP contribution in [0.25, 0.3) is 0 Å². The van der Waals surface area contributed by atoms with Crippen LogP contribution in [-0.4, -0.2) is 23.9 Å². The van der Waals surface area contributed by atoms with Crippen LogP contribution in [-0.2, 0) is 12.8 Å². The SMILES string of the molecule is NC(CO)(COc1ccc2c(c1)CCC2)C1CC1. The van der Waals surface area contributed by atoms with Crippen molar-refractivity contribution in [1.82, 2.24) is 0 Å². The summed E-state index contributed by atoms with van der Waals surface area (Å²) in [6, 6.07) is 6.31. The summed E-state index contributed by atoms with van der Waals surface area (Å²) in [5, 5.41) is 9.42. The number of fused-ring (bicyclic) bond motifs is 1. The van der Waals surface area contributed by atoms with E-state index in [1.54, 1.807) is 0 Å². The number of aliphatic hydroxyl groups is 1. The van der Waals surface area contributed by atoms with E-state index >= 15 is 0 Å². The molecule has 1 aromatic rings. The lowest BCUT2D eigenvalue weighted by Gasteiger charge is -2.27. The smallest absolute Gasteiger partial charge is 0.119 e. The first-order valence-corrected chi connectivity index (χ1v) is 6.86. The lowest BCUT2D eigenvalue weighted by molar-refractivity contribution is 0.117. The first-order chi connectivity index (χ1) is 8.71. The molecule has 1 unspecified atom stereocenters. The van der Waals surface area contributed by atoms with E-state index in [2.05, 4.69) is 12.1 Å². The van der Waals surface area contributed by atoms with Crippen molar-refractivity contribution in [2.24, 2.45) is 11.7 Å². The van der Waals surface area contributed by atoms with Gasteiger partial charge in [0.15, 0.2) is 0 Å². The lowest BCUT2D eigenvalue weighted by atomic mass is 9.97. The van der Waals surface area contributed by atoms with Crippen LogP contribution in [0.5, 0.6) is 5.75 Å². The minimum absolute atomic E-state index is 0.00259. The van der Waals surface area contributed by atoms with Crippen LogP contribution in [0.2, 0.25) is 0 Å². The third-order valence-corrected chi connectivity index (χ3v) is 4.26. The second kappa shape index (κ2) is 4.56. The zero-order valence-corrected chi connectivity index (χ0v) is 10.7. The maximum absolute atomic E-state index is 9.42. The number of hydrogen-bond acceptors (Lipinski definition) is 3. The highest BCUT2D eigenvalue weighted by atomic mass is 16.5. The normalized spacial score (nSPS) is 21.4. The molecule has 0 heterocycles. The van der Waals surface area contributed by atoms with E-state index in [1.165, 1.54) is 24.0 Å². The van der Waals surface area contributed by atoms with E-state index < -0.39 is 5.54 Å². The van der Waals surface area contributed by atoms with E-state index in [9.17, 15) is 5.11 Å². The number of nitrogens with two attached hydrogens (primary N) is 1. The van der Waals surface area contributed by atoms with Crippen LogP contribution >= 0.6 is 0 Å². The van der Waals surface area contributed by atoms with Crippen LogP contribution in [0, 0.1) is 5.92 Å². The van der Waals surface area contributed by atoms with Crippen LogP contribution in [0.1, 0.15) is 30.4 Å². The van der Waals surface area contributed by atoms with E-state index in [1.807, 2.05) is 6.07 Å². The first-order valence-electron chi connectivity index (χ1n) is 6.86. The fourth-order valence-electron chi connectivity index (χ4n) is 2.81. The summed E-state index contributed by atoms with van der Waals surface area (Å²) in [4.78, 5) is 0. The molecular formula is C15H21NO2. The van der Waals surface area contributed by atoms with Gasteiger partial charge in [0.25, 0.3) is 0 Å². The zero-order valence-electron chi connectivity index (χ0n) is 10.7. The number of hydrogen-bond donors (Lipinski definition) is 2. The maximum atomic E-state index is 9.42. The van der Waals surface area contributed by atoms with Gasteiger partial charge in [-0.3, -0.25) is 0 Å². The van der Waals surface area contributed by atoms with Crippen molar-refractivity contribution in [3.63, 3.8) is 0 Å². The largest absolute Gasteiger partial charge is 0.492 e. The van der Waals surface area contributed by atoms with Gasteiger partial charge in [-0.25, -0.2) is 0 Å². The molecule has 3 N–H and O–H groups in total. The van der Waals surface area contributed by atoms with Gasteiger partial charge in [0.05, 0.1) is 12.1 Å². The molecule has 3 rings (SSSR count). The summed E-state index contributed by atoms with van der Waals surface area (Å²) in [5.41, 5.74) is 8.49. The fraction of sp³-hybridized carbons (Fsp3) is 0.600. The second-order valence-corrected chi connectivity index (χ2v) is 5.74. The Morgan fingerprint density at radius 2 is 2.06 bits per heavy atom. The van der Waals surface area contributed by atoms with Gasteiger partial charge in [-0.05, 0) is 61.3 Å². The minimum Gasteiger partial charge on any atom is -0.492 e. The van der Waals surface area contributed by atoms with E-state index in [-0.39, 0.29) is 6.61 Å². The maximum Gasteiger partial charge on any atom is 0.119 e. The highest BCUT2D eigenvalue weighted by Gasteiger charge is 2.42. The summed E-state index contributed by atoms with van der Waals surface area (Å²) in [5.74, 6) is 1.32. The molecule has 0 saturated heterocycles. The van der Waals surface area contributed by atoms with Crippen LogP contribution in [0.15, 0.2) is 18.2 Å². The van der Waals surface area contributed by atoms with Gasteiger partial charge in [-0.1, -0.05) is 6.07 Å². The third kappa shape index (κ3) is 2.25. The molecule has 1 aromatic carbocycles. The topological polar surface area (TPSA) is 55.5 Å². The predicted octanol–water partition coefficient (Wildman–Crippen LogP) is 1.65. The fourth-order valence-corrected chi connectivity index (χ4v) is 2.81. The van der Waals surface area contributed by atoms with Gasteiger partial charge < -0.3 is 15.6 Å². The Balaban J connectivity index is 1.66. The summed E-state index contributed by atoms with van der Waals surface area (Å²) in [6.07, 6.45) is 5.83. The Morgan fingerprint density at radius 3 is 2.78 bits per heavy atom. The Morgan fingerprint density at radius 1 is 1.28 bits per heavy atom. The molecule has 18 heavy (non-hydrogen) atoms. The van der Waals surface area contributed by atoms with Gasteiger partial charge in [-0.2, -0.15) is 0 Å². The quantitative estimate of drug-likeness (QED) is 0.832. The Labute approximate surface area is 108 Å². The number of benzene rings is 1. The molecule has 0 radical (unpaired) electrons. The predicted molar refractivity (Wildman–Crippen MR) is 70.7 cm³/mol. The minimum atomic E-state index is -0.557. The van der Waals surface area contributed by atoms with Gasteiger partial charge in [-0.15, -0.1) is 0 Å². The molecular weight excluding hydrogens is 226 g/mol. The summed E-state index contributed by atoms with van der Waals surface area (Å²) in [6.45, 7) is 0.412. The number of aliphatic hydroxyl groups excluding tert-OH is 1. The van der Waals surface area contributed by atoms with Crippen molar-refractivity contribution in [3.8, 4) is 5.75 Å². The number of rotatable bonds is 5. The van der Waals surface area contributed by atoms with Crippen molar-refractivity contribution in [2.75, 3.05) is 13.2 Å². The van der Waals surface area contributed by atoms with Gasteiger partial charge in [0.2, 0.25) is 0 Å². The molecule has 1 atom stereocenters. The zero-order chi connectivity index (χ0) is 12.6. The molecule has 2 aliphatic rings. The van der Waals surface area contributed by atoms with E-state index in [0.29, 0.717) is 12.5 Å². The monoisotopic (exact) mass is 247 g/mol. The first kappa shape index (κ1) is 12.0. The Bertz CT molecular complexity index is 442. The molecule has 3 heteroatoms. The molecule has 3 nitrogen and oxygen atoms in total. The molecule has 2 aliphatic carbocycles. The van der Waals surface area contributed by atoms with Crippen molar-refractivity contribution in [1.29, 1.82) is 0 Å². The van der Waals surface area contributed by atoms with Gasteiger partial charge in [0, 0.05) is 0 Å². The highest BCUT2D eigenvalue weighted by Crippen LogP contribution is 2.38. The molecule has 0 aromatic heterocycles. The standard InChI is InChI=1S/C15H21NO2/c16-15(9-17,13-5-6-13)10-18-14-7-4-11-2-1-3-12(11)8-14/h4,7-8,13,17H,1-3,5-6,9-10,16H2. The Hall–Kier alpha value is -1.06. The van der Waals surface area contributed by atoms with Gasteiger partial charge in [0.1, 0.15) is 12.4 Å². The molecule has 0 spiro atoms. The van der Waals surface area contributed by atoms with Crippen molar-refractivity contribution < 1.29 is 9.84 Å². The van der Waals surface area contributed by atoms with Crippen LogP contribution in [0.4, 0.5) is 0 Å². The van der Waals surface area contributed by atoms with Crippen LogP contribution in [0.3, 0.4) is 0 Å². The molecule has 1 saturated carbocycles. The van der Waals surface area contributed by atoms with Gasteiger partial charge >= 0.3 is 0 Å². The second-order valence-electron chi connectivity index (χ2n) is 5.74. The number of ether oxygens (including phenoxy) is 1. The Kier molecular flexibility index (Phi) is 3.04.